The Bertz CT molecular complexity index is 271. The highest BCUT2D eigenvalue weighted by Crippen LogP contribution is 2.10. The van der Waals surface area contributed by atoms with E-state index < -0.39 is 0 Å². The van der Waals surface area contributed by atoms with E-state index in [1.54, 1.807) is 0 Å². The Morgan fingerprint density at radius 2 is 0.786 bits per heavy atom. The minimum atomic E-state index is 0.0987. The van der Waals surface area contributed by atoms with E-state index in [0.29, 0.717) is 13.2 Å². The lowest BCUT2D eigenvalue weighted by Crippen LogP contribution is -2.26. The number of hydrogen-bond acceptors (Lipinski definition) is 3. The summed E-state index contributed by atoms with van der Waals surface area (Å²) in [5.41, 5.74) is 0. The zero-order valence-electron chi connectivity index (χ0n) is 19.7. The Hall–Kier alpha value is -0.120. The van der Waals surface area contributed by atoms with Crippen molar-refractivity contribution in [2.45, 2.75) is 130 Å². The molecule has 0 amide bonds. The third-order valence-corrected chi connectivity index (χ3v) is 5.24. The second-order valence-electron chi connectivity index (χ2n) is 8.24. The highest BCUT2D eigenvalue weighted by atomic mass is 16.6. The van der Waals surface area contributed by atoms with Crippen LogP contribution in [0.2, 0.25) is 0 Å². The Morgan fingerprint density at radius 3 is 1.29 bits per heavy atom. The van der Waals surface area contributed by atoms with E-state index in [-0.39, 0.29) is 6.10 Å². The Kier molecular flexibility index (Phi) is 24.8. The maximum absolute atomic E-state index is 6.00. The summed E-state index contributed by atoms with van der Waals surface area (Å²) in [5.74, 6) is 0. The summed E-state index contributed by atoms with van der Waals surface area (Å²) >= 11 is 0. The molecule has 28 heavy (non-hydrogen) atoms. The van der Waals surface area contributed by atoms with Gasteiger partial charge in [0.1, 0.15) is 6.10 Å². The summed E-state index contributed by atoms with van der Waals surface area (Å²) in [5, 5.41) is 0. The lowest BCUT2D eigenvalue weighted by atomic mass is 10.1. The van der Waals surface area contributed by atoms with Gasteiger partial charge >= 0.3 is 0 Å². The fraction of sp³-hybridized carbons (Fsp3) is 1.00. The summed E-state index contributed by atoms with van der Waals surface area (Å²) in [6, 6.07) is 0. The van der Waals surface area contributed by atoms with Crippen molar-refractivity contribution in [1.82, 2.24) is 0 Å². The van der Waals surface area contributed by atoms with Crippen LogP contribution in [0.1, 0.15) is 124 Å². The molecule has 0 aromatic rings. The third-order valence-electron chi connectivity index (χ3n) is 5.24. The molecular weight excluding hydrogens is 348 g/mol. The summed E-state index contributed by atoms with van der Waals surface area (Å²) in [6.45, 7) is 10.6. The topological polar surface area (TPSA) is 27.7 Å². The molecule has 3 heteroatoms. The second-order valence-corrected chi connectivity index (χ2v) is 8.24. The monoisotopic (exact) mass is 400 g/mol. The second kappa shape index (κ2) is 24.9. The lowest BCUT2D eigenvalue weighted by molar-refractivity contribution is -0.0615. The smallest absolute Gasteiger partial charge is 0.104 e. The molecular formula is C25H52O3. The van der Waals surface area contributed by atoms with Crippen LogP contribution in [0, 0.1) is 0 Å². The molecule has 0 radical (unpaired) electrons. The summed E-state index contributed by atoms with van der Waals surface area (Å²) in [7, 11) is 0. The van der Waals surface area contributed by atoms with Crippen molar-refractivity contribution < 1.29 is 14.2 Å². The maximum atomic E-state index is 6.00. The zero-order chi connectivity index (χ0) is 20.5. The molecule has 0 aliphatic rings. The predicted octanol–water partition coefficient (Wildman–Crippen LogP) is 7.71. The molecule has 0 fully saturated rings. The standard InChI is InChI=1S/C25H52O3/c1-4-7-10-11-12-13-14-15-16-19-21-27-24-25(28-22-18-9-6-3)23-26-20-17-8-5-2/h25H,4-24H2,1-3H3/t25-/m1/s1. The largest absolute Gasteiger partial charge is 0.379 e. The Labute approximate surface area is 177 Å². The molecule has 1 atom stereocenters. The third kappa shape index (κ3) is 22.2. The van der Waals surface area contributed by atoms with Gasteiger partial charge in [-0.2, -0.15) is 0 Å². The van der Waals surface area contributed by atoms with Gasteiger partial charge in [-0.15, -0.1) is 0 Å². The number of hydrogen-bond donors (Lipinski definition) is 0. The average molecular weight is 401 g/mol. The van der Waals surface area contributed by atoms with Gasteiger partial charge in [-0.25, -0.2) is 0 Å². The van der Waals surface area contributed by atoms with E-state index in [0.717, 1.165) is 32.7 Å². The van der Waals surface area contributed by atoms with Crippen LogP contribution in [0.25, 0.3) is 0 Å². The van der Waals surface area contributed by atoms with Crippen LogP contribution in [0.5, 0.6) is 0 Å². The highest BCUT2D eigenvalue weighted by molar-refractivity contribution is 4.57. The van der Waals surface area contributed by atoms with E-state index in [2.05, 4.69) is 20.8 Å². The van der Waals surface area contributed by atoms with Crippen molar-refractivity contribution in [1.29, 1.82) is 0 Å². The molecule has 0 aromatic heterocycles. The lowest BCUT2D eigenvalue weighted by Gasteiger charge is -2.18. The van der Waals surface area contributed by atoms with Crippen LogP contribution >= 0.6 is 0 Å². The van der Waals surface area contributed by atoms with Gasteiger partial charge in [0.2, 0.25) is 0 Å². The van der Waals surface area contributed by atoms with Gasteiger partial charge < -0.3 is 14.2 Å². The van der Waals surface area contributed by atoms with Crippen molar-refractivity contribution in [3.63, 3.8) is 0 Å². The first-order valence-corrected chi connectivity index (χ1v) is 12.6. The van der Waals surface area contributed by atoms with Crippen LogP contribution in [0.15, 0.2) is 0 Å². The van der Waals surface area contributed by atoms with E-state index in [1.807, 2.05) is 0 Å². The summed E-state index contributed by atoms with van der Waals surface area (Å²) in [4.78, 5) is 0. The summed E-state index contributed by atoms with van der Waals surface area (Å²) < 4.78 is 17.7. The Balaban J connectivity index is 3.59. The minimum Gasteiger partial charge on any atom is -0.379 e. The van der Waals surface area contributed by atoms with Crippen LogP contribution in [-0.4, -0.2) is 39.1 Å². The molecule has 0 saturated carbocycles. The molecule has 0 saturated heterocycles. The maximum Gasteiger partial charge on any atom is 0.104 e. The van der Waals surface area contributed by atoms with Gasteiger partial charge in [0, 0.05) is 19.8 Å². The van der Waals surface area contributed by atoms with E-state index in [1.165, 1.54) is 89.9 Å². The number of unbranched alkanes of at least 4 members (excludes halogenated alkanes) is 13. The van der Waals surface area contributed by atoms with Gasteiger partial charge in [-0.1, -0.05) is 104 Å². The average Bonchev–Trinajstić information content (AvgIpc) is 2.71. The first-order valence-electron chi connectivity index (χ1n) is 12.6. The normalized spacial score (nSPS) is 12.5. The van der Waals surface area contributed by atoms with Gasteiger partial charge in [0.15, 0.2) is 0 Å². The van der Waals surface area contributed by atoms with Gasteiger partial charge in [-0.3, -0.25) is 0 Å². The van der Waals surface area contributed by atoms with E-state index in [4.69, 9.17) is 14.2 Å². The van der Waals surface area contributed by atoms with Gasteiger partial charge in [0.05, 0.1) is 13.2 Å². The number of ether oxygens (including phenoxy) is 3. The van der Waals surface area contributed by atoms with Crippen molar-refractivity contribution >= 4 is 0 Å². The van der Waals surface area contributed by atoms with Crippen LogP contribution in [0.3, 0.4) is 0 Å². The number of rotatable bonds is 24. The highest BCUT2D eigenvalue weighted by Gasteiger charge is 2.10. The molecule has 0 N–H and O–H groups in total. The molecule has 0 aliphatic heterocycles. The van der Waals surface area contributed by atoms with Gasteiger partial charge in [-0.05, 0) is 19.3 Å². The molecule has 0 heterocycles. The molecule has 0 spiro atoms. The fourth-order valence-electron chi connectivity index (χ4n) is 3.32. The molecule has 0 unspecified atom stereocenters. The van der Waals surface area contributed by atoms with Crippen molar-refractivity contribution in [3.05, 3.63) is 0 Å². The first-order chi connectivity index (χ1) is 13.8. The van der Waals surface area contributed by atoms with E-state index >= 15 is 0 Å². The van der Waals surface area contributed by atoms with E-state index in [9.17, 15) is 0 Å². The zero-order valence-corrected chi connectivity index (χ0v) is 19.7. The van der Waals surface area contributed by atoms with Crippen molar-refractivity contribution in [2.75, 3.05) is 33.0 Å². The SMILES string of the molecule is CCCCCCCCCCCCOC[C@@H](COCCCCC)OCCCCC. The molecule has 0 bridgehead atoms. The minimum absolute atomic E-state index is 0.0987. The van der Waals surface area contributed by atoms with Crippen LogP contribution in [-0.2, 0) is 14.2 Å². The molecule has 0 aliphatic carbocycles. The molecule has 170 valence electrons. The molecule has 0 aromatic carbocycles. The van der Waals surface area contributed by atoms with Crippen LogP contribution < -0.4 is 0 Å². The fourth-order valence-corrected chi connectivity index (χ4v) is 3.32. The van der Waals surface area contributed by atoms with Gasteiger partial charge in [0.25, 0.3) is 0 Å². The first kappa shape index (κ1) is 27.9. The predicted molar refractivity (Wildman–Crippen MR) is 122 cm³/mol. The molecule has 0 rings (SSSR count). The van der Waals surface area contributed by atoms with Crippen molar-refractivity contribution in [2.24, 2.45) is 0 Å². The van der Waals surface area contributed by atoms with Crippen LogP contribution in [0.4, 0.5) is 0 Å². The molecule has 3 nitrogen and oxygen atoms in total. The Morgan fingerprint density at radius 1 is 0.429 bits per heavy atom. The quantitative estimate of drug-likeness (QED) is 0.155. The summed E-state index contributed by atoms with van der Waals surface area (Å²) in [6.07, 6.45) is 21.0. The van der Waals surface area contributed by atoms with Crippen molar-refractivity contribution in [3.8, 4) is 0 Å².